The molecule has 9 heteroatoms. The summed E-state index contributed by atoms with van der Waals surface area (Å²) in [6.45, 7) is 1.87. The molecule has 0 fully saturated rings. The summed E-state index contributed by atoms with van der Waals surface area (Å²) in [7, 11) is -0.446. The molecule has 1 heterocycles. The fourth-order valence-electron chi connectivity index (χ4n) is 2.89. The van der Waals surface area contributed by atoms with Crippen LogP contribution >= 0.6 is 0 Å². The zero-order chi connectivity index (χ0) is 20.9. The summed E-state index contributed by atoms with van der Waals surface area (Å²) in [5.74, 6) is 1.16. The molecule has 2 aromatic carbocycles. The lowest BCUT2D eigenvalue weighted by Gasteiger charge is -2.21. The van der Waals surface area contributed by atoms with Crippen molar-refractivity contribution >= 4 is 15.9 Å². The fraction of sp³-hybridized carbons (Fsp3) is 0.350. The number of ether oxygens (including phenoxy) is 3. The van der Waals surface area contributed by atoms with Crippen LogP contribution < -0.4 is 14.2 Å². The molecule has 1 amide bonds. The third-order valence-electron chi connectivity index (χ3n) is 4.38. The number of benzene rings is 2. The number of hydrogen-bond donors (Lipinski definition) is 1. The minimum atomic E-state index is -3.63. The molecule has 1 N–H and O–H groups in total. The molecule has 0 saturated heterocycles. The summed E-state index contributed by atoms with van der Waals surface area (Å²) in [4.78, 5) is 14.4. The maximum absolute atomic E-state index is 12.7. The lowest BCUT2D eigenvalue weighted by molar-refractivity contribution is 0.0784. The lowest BCUT2D eigenvalue weighted by atomic mass is 10.1. The molecule has 0 unspecified atom stereocenters. The Hall–Kier alpha value is -2.62. The number of nitrogens with one attached hydrogen (secondary N) is 1. The summed E-state index contributed by atoms with van der Waals surface area (Å²) < 4.78 is 42.7. The Bertz CT molecular complexity index is 959. The number of hydrogen-bond acceptors (Lipinski definition) is 6. The topological polar surface area (TPSA) is 94.2 Å². The Balaban J connectivity index is 1.65. The van der Waals surface area contributed by atoms with Gasteiger partial charge in [0.05, 0.1) is 11.5 Å². The van der Waals surface area contributed by atoms with Crippen LogP contribution in [-0.4, -0.2) is 59.7 Å². The standard InChI is InChI=1S/C20H24N2O6S/c1-22(14-15-3-8-18-19(13-15)28-12-11-27-18)20(23)16-4-6-17(7-5-16)29(24,25)21-9-10-26-2/h3-8,13,21H,9-12,14H2,1-2H3. The summed E-state index contributed by atoms with van der Waals surface area (Å²) in [6.07, 6.45) is 0. The number of fused-ring (bicyclic) bond motifs is 1. The molecule has 0 atom stereocenters. The molecule has 0 radical (unpaired) electrons. The van der Waals surface area contributed by atoms with Crippen LogP contribution in [-0.2, 0) is 21.3 Å². The van der Waals surface area contributed by atoms with E-state index in [0.717, 1.165) is 5.56 Å². The highest BCUT2D eigenvalue weighted by Gasteiger charge is 2.18. The smallest absolute Gasteiger partial charge is 0.253 e. The number of amides is 1. The van der Waals surface area contributed by atoms with E-state index in [-0.39, 0.29) is 24.0 Å². The van der Waals surface area contributed by atoms with Gasteiger partial charge in [-0.2, -0.15) is 0 Å². The number of nitrogens with zero attached hydrogens (tertiary/aromatic N) is 1. The average Bonchev–Trinajstić information content (AvgIpc) is 2.73. The Morgan fingerprint density at radius 1 is 1.10 bits per heavy atom. The molecular weight excluding hydrogens is 396 g/mol. The minimum absolute atomic E-state index is 0.0969. The summed E-state index contributed by atoms with van der Waals surface area (Å²) in [5, 5.41) is 0. The summed E-state index contributed by atoms with van der Waals surface area (Å²) in [6, 6.07) is 11.4. The first-order valence-electron chi connectivity index (χ1n) is 9.13. The number of carbonyl (C=O) groups is 1. The lowest BCUT2D eigenvalue weighted by Crippen LogP contribution is -2.28. The zero-order valence-corrected chi connectivity index (χ0v) is 17.2. The van der Waals surface area contributed by atoms with Gasteiger partial charge in [0.25, 0.3) is 5.91 Å². The van der Waals surface area contributed by atoms with Gasteiger partial charge in [-0.25, -0.2) is 13.1 Å². The van der Waals surface area contributed by atoms with Crippen LogP contribution in [0.1, 0.15) is 15.9 Å². The second-order valence-corrected chi connectivity index (χ2v) is 8.32. The first-order chi connectivity index (χ1) is 13.9. The van der Waals surface area contributed by atoms with E-state index in [9.17, 15) is 13.2 Å². The first-order valence-corrected chi connectivity index (χ1v) is 10.6. The van der Waals surface area contributed by atoms with Crippen LogP contribution in [0.4, 0.5) is 0 Å². The SMILES string of the molecule is COCCNS(=O)(=O)c1ccc(C(=O)N(C)Cc2ccc3c(c2)OCCO3)cc1. The van der Waals surface area contributed by atoms with E-state index in [2.05, 4.69) is 4.72 Å². The van der Waals surface area contributed by atoms with E-state index in [1.165, 1.54) is 31.4 Å². The molecule has 156 valence electrons. The van der Waals surface area contributed by atoms with E-state index < -0.39 is 10.0 Å². The van der Waals surface area contributed by atoms with Crippen molar-refractivity contribution in [1.29, 1.82) is 0 Å². The van der Waals surface area contributed by atoms with Gasteiger partial charge >= 0.3 is 0 Å². The quantitative estimate of drug-likeness (QED) is 0.653. The van der Waals surface area contributed by atoms with Crippen molar-refractivity contribution in [2.24, 2.45) is 0 Å². The highest BCUT2D eigenvalue weighted by Crippen LogP contribution is 2.31. The number of methoxy groups -OCH3 is 1. The van der Waals surface area contributed by atoms with E-state index >= 15 is 0 Å². The van der Waals surface area contributed by atoms with Crippen molar-refractivity contribution in [1.82, 2.24) is 9.62 Å². The number of carbonyl (C=O) groups excluding carboxylic acids is 1. The third kappa shape index (κ3) is 5.26. The largest absolute Gasteiger partial charge is 0.486 e. The predicted molar refractivity (Wildman–Crippen MR) is 107 cm³/mol. The molecule has 0 aliphatic carbocycles. The average molecular weight is 420 g/mol. The van der Waals surface area contributed by atoms with E-state index in [1.807, 2.05) is 18.2 Å². The van der Waals surface area contributed by atoms with Crippen LogP contribution in [0, 0.1) is 0 Å². The molecule has 1 aliphatic rings. The maximum atomic E-state index is 12.7. The number of rotatable bonds is 8. The van der Waals surface area contributed by atoms with Gasteiger partial charge in [-0.3, -0.25) is 4.79 Å². The van der Waals surface area contributed by atoms with Crippen LogP contribution in [0.2, 0.25) is 0 Å². The van der Waals surface area contributed by atoms with Crippen LogP contribution in [0.5, 0.6) is 11.5 Å². The predicted octanol–water partition coefficient (Wildman–Crippen LogP) is 1.65. The maximum Gasteiger partial charge on any atom is 0.253 e. The Morgan fingerprint density at radius 2 is 1.79 bits per heavy atom. The Kier molecular flexibility index (Phi) is 6.73. The molecule has 0 saturated carbocycles. The third-order valence-corrected chi connectivity index (χ3v) is 5.86. The second-order valence-electron chi connectivity index (χ2n) is 6.55. The molecule has 8 nitrogen and oxygen atoms in total. The van der Waals surface area contributed by atoms with Crippen molar-refractivity contribution < 1.29 is 27.4 Å². The van der Waals surface area contributed by atoms with Gasteiger partial charge in [0, 0.05) is 32.8 Å². The van der Waals surface area contributed by atoms with E-state index in [0.29, 0.717) is 36.8 Å². The van der Waals surface area contributed by atoms with Crippen molar-refractivity contribution in [3.05, 3.63) is 53.6 Å². The van der Waals surface area contributed by atoms with Crippen LogP contribution in [0.15, 0.2) is 47.4 Å². The van der Waals surface area contributed by atoms with Gasteiger partial charge in [0.15, 0.2) is 11.5 Å². The van der Waals surface area contributed by atoms with E-state index in [1.54, 1.807) is 11.9 Å². The molecule has 0 spiro atoms. The van der Waals surface area contributed by atoms with Gasteiger partial charge in [-0.15, -0.1) is 0 Å². The van der Waals surface area contributed by atoms with Gasteiger partial charge in [0.2, 0.25) is 10.0 Å². The van der Waals surface area contributed by atoms with Gasteiger partial charge in [-0.1, -0.05) is 6.07 Å². The van der Waals surface area contributed by atoms with Gasteiger partial charge < -0.3 is 19.1 Å². The highest BCUT2D eigenvalue weighted by atomic mass is 32.2. The van der Waals surface area contributed by atoms with Crippen molar-refractivity contribution in [3.8, 4) is 11.5 Å². The Morgan fingerprint density at radius 3 is 2.48 bits per heavy atom. The van der Waals surface area contributed by atoms with Gasteiger partial charge in [-0.05, 0) is 42.0 Å². The molecule has 29 heavy (non-hydrogen) atoms. The molecule has 1 aliphatic heterocycles. The highest BCUT2D eigenvalue weighted by molar-refractivity contribution is 7.89. The monoisotopic (exact) mass is 420 g/mol. The van der Waals surface area contributed by atoms with Crippen LogP contribution in [0.25, 0.3) is 0 Å². The van der Waals surface area contributed by atoms with Crippen molar-refractivity contribution in [2.45, 2.75) is 11.4 Å². The van der Waals surface area contributed by atoms with Crippen molar-refractivity contribution in [3.63, 3.8) is 0 Å². The molecule has 2 aromatic rings. The zero-order valence-electron chi connectivity index (χ0n) is 16.4. The summed E-state index contributed by atoms with van der Waals surface area (Å²) in [5.41, 5.74) is 1.31. The second kappa shape index (κ2) is 9.25. The van der Waals surface area contributed by atoms with Gasteiger partial charge in [0.1, 0.15) is 13.2 Å². The van der Waals surface area contributed by atoms with Crippen molar-refractivity contribution in [2.75, 3.05) is 40.5 Å². The minimum Gasteiger partial charge on any atom is -0.486 e. The molecule has 0 aromatic heterocycles. The first kappa shape index (κ1) is 21.1. The number of sulfonamides is 1. The molecular formula is C20H24N2O6S. The molecule has 3 rings (SSSR count). The summed E-state index contributed by atoms with van der Waals surface area (Å²) >= 11 is 0. The normalized spacial score (nSPS) is 13.2. The fourth-order valence-corrected chi connectivity index (χ4v) is 3.90. The van der Waals surface area contributed by atoms with Crippen LogP contribution in [0.3, 0.4) is 0 Å². The Labute approximate surface area is 170 Å². The van der Waals surface area contributed by atoms with E-state index in [4.69, 9.17) is 14.2 Å². The molecule has 0 bridgehead atoms.